The third-order valence-electron chi connectivity index (χ3n) is 1.91. The van der Waals surface area contributed by atoms with E-state index < -0.39 is 0 Å². The van der Waals surface area contributed by atoms with Crippen LogP contribution in [0, 0.1) is 11.3 Å². The number of rotatable bonds is 0. The Labute approximate surface area is 79.7 Å². The summed E-state index contributed by atoms with van der Waals surface area (Å²) >= 11 is 5.79. The second-order valence-electron chi connectivity index (χ2n) is 2.72. The van der Waals surface area contributed by atoms with Crippen molar-refractivity contribution in [1.29, 1.82) is 5.26 Å². The molecule has 3 nitrogen and oxygen atoms in total. The van der Waals surface area contributed by atoms with Crippen molar-refractivity contribution in [3.8, 4) is 6.07 Å². The summed E-state index contributed by atoms with van der Waals surface area (Å²) in [6, 6.07) is 7.27. The van der Waals surface area contributed by atoms with Crippen LogP contribution in [-0.4, -0.2) is 4.98 Å². The maximum atomic E-state index is 8.69. The molecule has 0 aliphatic carbocycles. The van der Waals surface area contributed by atoms with E-state index in [1.54, 1.807) is 18.2 Å². The van der Waals surface area contributed by atoms with Gasteiger partial charge in [-0.1, -0.05) is 11.6 Å². The monoisotopic (exact) mass is 191 g/mol. The number of aromatic amines is 1. The number of nitrogens with zero attached hydrogens (tertiary/aromatic N) is 1. The first-order valence-electron chi connectivity index (χ1n) is 3.69. The van der Waals surface area contributed by atoms with Crippen LogP contribution < -0.4 is 5.73 Å². The van der Waals surface area contributed by atoms with Crippen molar-refractivity contribution in [2.75, 3.05) is 5.73 Å². The molecule has 0 aliphatic rings. The van der Waals surface area contributed by atoms with Gasteiger partial charge in [0.25, 0.3) is 0 Å². The zero-order valence-electron chi connectivity index (χ0n) is 6.63. The van der Waals surface area contributed by atoms with Crippen LogP contribution in [-0.2, 0) is 0 Å². The Morgan fingerprint density at radius 1 is 1.46 bits per heavy atom. The molecule has 0 saturated heterocycles. The van der Waals surface area contributed by atoms with Gasteiger partial charge in [0.2, 0.25) is 0 Å². The van der Waals surface area contributed by atoms with Crippen molar-refractivity contribution in [3.63, 3.8) is 0 Å². The zero-order chi connectivity index (χ0) is 9.42. The van der Waals surface area contributed by atoms with Crippen LogP contribution in [0.1, 0.15) is 5.69 Å². The predicted octanol–water partition coefficient (Wildman–Crippen LogP) is 2.28. The van der Waals surface area contributed by atoms with Gasteiger partial charge in [-0.05, 0) is 18.2 Å². The highest BCUT2D eigenvalue weighted by Crippen LogP contribution is 2.26. The fraction of sp³-hybridized carbons (Fsp3) is 0. The van der Waals surface area contributed by atoms with Gasteiger partial charge in [-0.25, -0.2) is 0 Å². The highest BCUT2D eigenvalue weighted by Gasteiger charge is 2.07. The van der Waals surface area contributed by atoms with Gasteiger partial charge in [0.15, 0.2) is 0 Å². The second-order valence-corrected chi connectivity index (χ2v) is 3.15. The highest BCUT2D eigenvalue weighted by molar-refractivity contribution is 6.31. The molecule has 13 heavy (non-hydrogen) atoms. The van der Waals surface area contributed by atoms with Gasteiger partial charge in [0, 0.05) is 15.9 Å². The Morgan fingerprint density at radius 2 is 2.23 bits per heavy atom. The average molecular weight is 192 g/mol. The molecule has 0 aliphatic heterocycles. The van der Waals surface area contributed by atoms with Crippen LogP contribution in [0.2, 0.25) is 5.02 Å². The number of benzene rings is 1. The van der Waals surface area contributed by atoms with Crippen molar-refractivity contribution in [2.24, 2.45) is 0 Å². The molecule has 2 aromatic rings. The SMILES string of the molecule is N#Cc1[nH]c2ccc(Cl)cc2c1N. The summed E-state index contributed by atoms with van der Waals surface area (Å²) in [5, 5.41) is 10.1. The van der Waals surface area contributed by atoms with Crippen molar-refractivity contribution in [1.82, 2.24) is 4.98 Å². The van der Waals surface area contributed by atoms with Gasteiger partial charge in [-0.3, -0.25) is 0 Å². The maximum Gasteiger partial charge on any atom is 0.141 e. The minimum absolute atomic E-state index is 0.386. The number of nitrogens with two attached hydrogens (primary N) is 1. The quantitative estimate of drug-likeness (QED) is 0.671. The molecule has 0 saturated carbocycles. The van der Waals surface area contributed by atoms with Crippen LogP contribution in [0.3, 0.4) is 0 Å². The Bertz CT molecular complexity index is 507. The van der Waals surface area contributed by atoms with E-state index in [2.05, 4.69) is 4.98 Å². The molecule has 3 N–H and O–H groups in total. The molecule has 0 atom stereocenters. The smallest absolute Gasteiger partial charge is 0.141 e. The topological polar surface area (TPSA) is 65.6 Å². The lowest BCUT2D eigenvalue weighted by Gasteiger charge is -1.91. The first-order valence-corrected chi connectivity index (χ1v) is 4.07. The molecule has 0 amide bonds. The zero-order valence-corrected chi connectivity index (χ0v) is 7.39. The predicted molar refractivity (Wildman–Crippen MR) is 52.4 cm³/mol. The van der Waals surface area contributed by atoms with Crippen LogP contribution in [0.5, 0.6) is 0 Å². The van der Waals surface area contributed by atoms with Crippen molar-refractivity contribution in [3.05, 3.63) is 28.9 Å². The summed E-state index contributed by atoms with van der Waals surface area (Å²) in [5.41, 5.74) is 7.38. The summed E-state index contributed by atoms with van der Waals surface area (Å²) < 4.78 is 0. The number of aromatic nitrogens is 1. The van der Waals surface area contributed by atoms with E-state index in [1.165, 1.54) is 0 Å². The lowest BCUT2D eigenvalue weighted by Crippen LogP contribution is -1.85. The molecule has 1 aromatic carbocycles. The van der Waals surface area contributed by atoms with Crippen LogP contribution in [0.25, 0.3) is 10.9 Å². The Hall–Kier alpha value is -1.66. The lowest BCUT2D eigenvalue weighted by atomic mass is 10.2. The van der Waals surface area contributed by atoms with Gasteiger partial charge in [0.1, 0.15) is 11.8 Å². The molecule has 0 fully saturated rings. The number of hydrogen-bond acceptors (Lipinski definition) is 2. The van der Waals surface area contributed by atoms with E-state index in [4.69, 9.17) is 22.6 Å². The third-order valence-corrected chi connectivity index (χ3v) is 2.15. The van der Waals surface area contributed by atoms with Gasteiger partial charge in [-0.15, -0.1) is 0 Å². The van der Waals surface area contributed by atoms with Crippen molar-refractivity contribution < 1.29 is 0 Å². The van der Waals surface area contributed by atoms with E-state index in [1.807, 2.05) is 6.07 Å². The number of hydrogen-bond donors (Lipinski definition) is 2. The molecular weight excluding hydrogens is 186 g/mol. The summed E-state index contributed by atoms with van der Waals surface area (Å²) in [5.74, 6) is 0. The number of halogens is 1. The number of anilines is 1. The summed E-state index contributed by atoms with van der Waals surface area (Å²) in [4.78, 5) is 2.90. The second kappa shape index (κ2) is 2.68. The molecule has 4 heteroatoms. The summed E-state index contributed by atoms with van der Waals surface area (Å²) in [6.07, 6.45) is 0. The maximum absolute atomic E-state index is 8.69. The highest BCUT2D eigenvalue weighted by atomic mass is 35.5. The van der Waals surface area contributed by atoms with E-state index >= 15 is 0 Å². The molecular formula is C9H6ClN3. The van der Waals surface area contributed by atoms with Gasteiger partial charge >= 0.3 is 0 Å². The van der Waals surface area contributed by atoms with Crippen molar-refractivity contribution >= 4 is 28.2 Å². The molecule has 2 rings (SSSR count). The molecule has 0 radical (unpaired) electrons. The van der Waals surface area contributed by atoms with E-state index in [-0.39, 0.29) is 0 Å². The first kappa shape index (κ1) is 7.96. The third kappa shape index (κ3) is 1.12. The fourth-order valence-corrected chi connectivity index (χ4v) is 1.45. The molecule has 1 heterocycles. The average Bonchev–Trinajstić information content (AvgIpc) is 2.44. The first-order chi connectivity index (χ1) is 6.22. The van der Waals surface area contributed by atoms with E-state index in [0.717, 1.165) is 10.9 Å². The number of H-pyrrole nitrogens is 1. The molecule has 0 unspecified atom stereocenters. The molecule has 0 spiro atoms. The summed E-state index contributed by atoms with van der Waals surface area (Å²) in [7, 11) is 0. The standard InChI is InChI=1S/C9H6ClN3/c10-5-1-2-7-6(3-5)9(12)8(4-11)13-7/h1-3,13H,12H2. The van der Waals surface area contributed by atoms with Crippen LogP contribution in [0.15, 0.2) is 18.2 Å². The van der Waals surface area contributed by atoms with Gasteiger partial charge < -0.3 is 10.7 Å². The minimum Gasteiger partial charge on any atom is -0.396 e. The van der Waals surface area contributed by atoms with Crippen LogP contribution in [0.4, 0.5) is 5.69 Å². The molecule has 1 aromatic heterocycles. The van der Waals surface area contributed by atoms with E-state index in [0.29, 0.717) is 16.4 Å². The van der Waals surface area contributed by atoms with Gasteiger partial charge in [-0.2, -0.15) is 5.26 Å². The van der Waals surface area contributed by atoms with Crippen LogP contribution >= 0.6 is 11.6 Å². The fourth-order valence-electron chi connectivity index (χ4n) is 1.27. The number of nitrogen functional groups attached to an aromatic ring is 1. The number of fused-ring (bicyclic) bond motifs is 1. The Morgan fingerprint density at radius 3 is 2.92 bits per heavy atom. The molecule has 0 bridgehead atoms. The minimum atomic E-state index is 0.386. The lowest BCUT2D eigenvalue weighted by molar-refractivity contribution is 1.37. The Balaban J connectivity index is 2.87. The van der Waals surface area contributed by atoms with Gasteiger partial charge in [0.05, 0.1) is 5.69 Å². The van der Waals surface area contributed by atoms with E-state index in [9.17, 15) is 0 Å². The number of nitrogens with one attached hydrogen (secondary N) is 1. The molecule has 64 valence electrons. The largest absolute Gasteiger partial charge is 0.396 e. The summed E-state index contributed by atoms with van der Waals surface area (Å²) in [6.45, 7) is 0. The Kier molecular flexibility index (Phi) is 1.64. The number of nitriles is 1. The van der Waals surface area contributed by atoms with Crippen molar-refractivity contribution in [2.45, 2.75) is 0 Å². The normalized spacial score (nSPS) is 10.2.